The predicted octanol–water partition coefficient (Wildman–Crippen LogP) is 3.58. The Morgan fingerprint density at radius 1 is 1.15 bits per heavy atom. The van der Waals surface area contributed by atoms with E-state index < -0.39 is 0 Å². The number of amides is 1. The molecule has 1 aromatic heterocycles. The quantitative estimate of drug-likeness (QED) is 0.845. The highest BCUT2D eigenvalue weighted by Gasteiger charge is 2.18. The number of aromatic nitrogens is 2. The summed E-state index contributed by atoms with van der Waals surface area (Å²) in [5.41, 5.74) is 1.16. The number of anilines is 1. The van der Waals surface area contributed by atoms with Crippen LogP contribution in [0.3, 0.4) is 0 Å². The van der Waals surface area contributed by atoms with E-state index in [9.17, 15) is 4.79 Å². The Kier molecular flexibility index (Phi) is 5.07. The van der Waals surface area contributed by atoms with Crippen LogP contribution >= 0.6 is 11.6 Å². The normalized spacial score (nSPS) is 10.3. The molecule has 0 fully saturated rings. The van der Waals surface area contributed by atoms with Gasteiger partial charge in [-0.3, -0.25) is 4.79 Å². The Balaban J connectivity index is 2.26. The molecule has 2 rings (SSSR count). The van der Waals surface area contributed by atoms with Crippen molar-refractivity contribution in [2.45, 2.75) is 19.8 Å². The van der Waals surface area contributed by atoms with Gasteiger partial charge in [0.15, 0.2) is 10.8 Å². The van der Waals surface area contributed by atoms with Crippen LogP contribution < -0.4 is 4.90 Å². The van der Waals surface area contributed by atoms with Gasteiger partial charge in [0.2, 0.25) is 0 Å². The van der Waals surface area contributed by atoms with E-state index >= 15 is 0 Å². The van der Waals surface area contributed by atoms with Crippen LogP contribution in [0.25, 0.3) is 0 Å². The van der Waals surface area contributed by atoms with Crippen LogP contribution in [0.4, 0.5) is 5.69 Å². The minimum atomic E-state index is -0.159. The molecule has 0 spiro atoms. The standard InChI is InChI=1S/C15H16ClN3O/c1-2-3-11-19(12-7-5-4-6-8-12)15(20)13-9-10-14(16)18-17-13/h4-10H,2-3,11H2,1H3. The van der Waals surface area contributed by atoms with Crippen LogP contribution in [0.5, 0.6) is 0 Å². The fourth-order valence-electron chi connectivity index (χ4n) is 1.84. The van der Waals surface area contributed by atoms with E-state index in [2.05, 4.69) is 17.1 Å². The van der Waals surface area contributed by atoms with E-state index in [1.165, 1.54) is 0 Å². The van der Waals surface area contributed by atoms with Crippen molar-refractivity contribution in [3.05, 3.63) is 53.3 Å². The zero-order chi connectivity index (χ0) is 14.4. The predicted molar refractivity (Wildman–Crippen MR) is 80.1 cm³/mol. The van der Waals surface area contributed by atoms with Gasteiger partial charge < -0.3 is 4.90 Å². The van der Waals surface area contributed by atoms with Gasteiger partial charge in [0.25, 0.3) is 5.91 Å². The Bertz CT molecular complexity index is 557. The summed E-state index contributed by atoms with van der Waals surface area (Å²) in [7, 11) is 0. The molecular weight excluding hydrogens is 274 g/mol. The molecule has 2 aromatic rings. The van der Waals surface area contributed by atoms with E-state index in [1.807, 2.05) is 30.3 Å². The lowest BCUT2D eigenvalue weighted by molar-refractivity contribution is 0.0981. The lowest BCUT2D eigenvalue weighted by atomic mass is 10.2. The van der Waals surface area contributed by atoms with Crippen LogP contribution in [-0.2, 0) is 0 Å². The molecule has 0 aliphatic rings. The maximum Gasteiger partial charge on any atom is 0.278 e. The number of halogens is 1. The Labute approximate surface area is 123 Å². The minimum absolute atomic E-state index is 0.159. The summed E-state index contributed by atoms with van der Waals surface area (Å²) in [5.74, 6) is -0.159. The molecule has 1 amide bonds. The fourth-order valence-corrected chi connectivity index (χ4v) is 1.94. The van der Waals surface area contributed by atoms with E-state index in [0.717, 1.165) is 18.5 Å². The molecule has 0 atom stereocenters. The molecule has 1 heterocycles. The van der Waals surface area contributed by atoms with Crippen LogP contribution in [0, 0.1) is 0 Å². The average Bonchev–Trinajstić information content (AvgIpc) is 2.49. The Morgan fingerprint density at radius 2 is 1.90 bits per heavy atom. The first kappa shape index (κ1) is 14.5. The average molecular weight is 290 g/mol. The Hall–Kier alpha value is -1.94. The van der Waals surface area contributed by atoms with Crippen molar-refractivity contribution < 1.29 is 4.79 Å². The van der Waals surface area contributed by atoms with Gasteiger partial charge in [0.05, 0.1) is 0 Å². The molecule has 20 heavy (non-hydrogen) atoms. The first-order chi connectivity index (χ1) is 9.72. The van der Waals surface area contributed by atoms with Crippen molar-refractivity contribution in [1.82, 2.24) is 10.2 Å². The molecule has 0 aliphatic carbocycles. The number of rotatable bonds is 5. The zero-order valence-corrected chi connectivity index (χ0v) is 12.0. The highest BCUT2D eigenvalue weighted by Crippen LogP contribution is 2.17. The van der Waals surface area contributed by atoms with E-state index in [1.54, 1.807) is 17.0 Å². The van der Waals surface area contributed by atoms with E-state index in [0.29, 0.717) is 12.2 Å². The van der Waals surface area contributed by atoms with Crippen molar-refractivity contribution in [3.63, 3.8) is 0 Å². The lowest BCUT2D eigenvalue weighted by Gasteiger charge is -2.22. The number of unbranched alkanes of at least 4 members (excludes halogenated alkanes) is 1. The molecule has 0 N–H and O–H groups in total. The first-order valence-electron chi connectivity index (χ1n) is 6.58. The largest absolute Gasteiger partial charge is 0.307 e. The first-order valence-corrected chi connectivity index (χ1v) is 6.96. The molecule has 104 valence electrons. The van der Waals surface area contributed by atoms with Gasteiger partial charge >= 0.3 is 0 Å². The summed E-state index contributed by atoms with van der Waals surface area (Å²) < 4.78 is 0. The molecule has 0 radical (unpaired) electrons. The maximum absolute atomic E-state index is 12.5. The summed E-state index contributed by atoms with van der Waals surface area (Å²) in [5, 5.41) is 7.86. The third-order valence-electron chi connectivity index (χ3n) is 2.90. The number of carbonyl (C=O) groups excluding carboxylic acids is 1. The van der Waals surface area contributed by atoms with Crippen LogP contribution in [0.15, 0.2) is 42.5 Å². The summed E-state index contributed by atoms with van der Waals surface area (Å²) in [4.78, 5) is 14.3. The molecule has 0 bridgehead atoms. The number of nitrogens with zero attached hydrogens (tertiary/aromatic N) is 3. The van der Waals surface area contributed by atoms with Gasteiger partial charge in [-0.2, -0.15) is 0 Å². The highest BCUT2D eigenvalue weighted by molar-refractivity contribution is 6.29. The molecule has 0 saturated carbocycles. The summed E-state index contributed by atoms with van der Waals surface area (Å²) in [6, 6.07) is 12.7. The van der Waals surface area contributed by atoms with E-state index in [4.69, 9.17) is 11.6 Å². The molecule has 5 heteroatoms. The SMILES string of the molecule is CCCCN(C(=O)c1ccc(Cl)nn1)c1ccccc1. The van der Waals surface area contributed by atoms with Crippen molar-refractivity contribution in [3.8, 4) is 0 Å². The van der Waals surface area contributed by atoms with Gasteiger partial charge in [0.1, 0.15) is 0 Å². The van der Waals surface area contributed by atoms with Crippen molar-refractivity contribution in [1.29, 1.82) is 0 Å². The monoisotopic (exact) mass is 289 g/mol. The highest BCUT2D eigenvalue weighted by atomic mass is 35.5. The van der Waals surface area contributed by atoms with Gasteiger partial charge in [0, 0.05) is 12.2 Å². The third kappa shape index (κ3) is 3.54. The number of para-hydroxylation sites is 1. The molecule has 4 nitrogen and oxygen atoms in total. The summed E-state index contributed by atoms with van der Waals surface area (Å²) >= 11 is 5.70. The maximum atomic E-state index is 12.5. The topological polar surface area (TPSA) is 46.1 Å². The molecular formula is C15H16ClN3O. The van der Waals surface area contributed by atoms with Crippen molar-refractivity contribution in [2.24, 2.45) is 0 Å². The van der Waals surface area contributed by atoms with Crippen LogP contribution in [0.1, 0.15) is 30.3 Å². The molecule has 0 aliphatic heterocycles. The number of carbonyl (C=O) groups is 1. The van der Waals surface area contributed by atoms with Crippen LogP contribution in [-0.4, -0.2) is 22.6 Å². The van der Waals surface area contributed by atoms with Crippen LogP contribution in [0.2, 0.25) is 5.15 Å². The summed E-state index contributed by atoms with van der Waals surface area (Å²) in [6.07, 6.45) is 1.95. The minimum Gasteiger partial charge on any atom is -0.307 e. The van der Waals surface area contributed by atoms with Gasteiger partial charge in [-0.15, -0.1) is 10.2 Å². The number of hydrogen-bond acceptors (Lipinski definition) is 3. The van der Waals surface area contributed by atoms with Gasteiger partial charge in [-0.25, -0.2) is 0 Å². The third-order valence-corrected chi connectivity index (χ3v) is 3.10. The van der Waals surface area contributed by atoms with Gasteiger partial charge in [-0.05, 0) is 30.7 Å². The van der Waals surface area contributed by atoms with Gasteiger partial charge in [-0.1, -0.05) is 43.1 Å². The van der Waals surface area contributed by atoms with Crippen molar-refractivity contribution in [2.75, 3.05) is 11.4 Å². The zero-order valence-electron chi connectivity index (χ0n) is 11.3. The van der Waals surface area contributed by atoms with Crippen molar-refractivity contribution >= 4 is 23.2 Å². The lowest BCUT2D eigenvalue weighted by Crippen LogP contribution is -2.32. The number of benzene rings is 1. The fraction of sp³-hybridized carbons (Fsp3) is 0.267. The van der Waals surface area contributed by atoms with E-state index in [-0.39, 0.29) is 11.1 Å². The molecule has 0 saturated heterocycles. The summed E-state index contributed by atoms with van der Waals surface area (Å²) in [6.45, 7) is 2.75. The second-order valence-corrected chi connectivity index (χ2v) is 4.77. The second kappa shape index (κ2) is 7.01. The molecule has 0 unspecified atom stereocenters. The molecule has 1 aromatic carbocycles. The smallest absolute Gasteiger partial charge is 0.278 e. The second-order valence-electron chi connectivity index (χ2n) is 4.39. The number of hydrogen-bond donors (Lipinski definition) is 0. The Morgan fingerprint density at radius 3 is 2.50 bits per heavy atom.